The van der Waals surface area contributed by atoms with Gasteiger partial charge in [0, 0.05) is 31.2 Å². The van der Waals surface area contributed by atoms with Crippen LogP contribution in [0, 0.1) is 0 Å². The minimum atomic E-state index is -0.0238. The van der Waals surface area contributed by atoms with Gasteiger partial charge in [-0.05, 0) is 34.9 Å². The molecular weight excluding hydrogens is 260 g/mol. The van der Waals surface area contributed by atoms with Crippen LogP contribution in [0.4, 0.5) is 0 Å². The standard InChI is InChI=1S/C15H15ClN2O/c16-7-4-15(19)18-11-12-2-1-3-14(10-12)13-5-8-17-9-6-13/h1-3,5-6,8-10H,4,7,11H2,(H,18,19). The van der Waals surface area contributed by atoms with Gasteiger partial charge in [0.1, 0.15) is 0 Å². The van der Waals surface area contributed by atoms with E-state index in [0.717, 1.165) is 16.7 Å². The summed E-state index contributed by atoms with van der Waals surface area (Å²) >= 11 is 5.52. The lowest BCUT2D eigenvalue weighted by molar-refractivity contribution is -0.120. The average molecular weight is 275 g/mol. The Morgan fingerprint density at radius 1 is 1.16 bits per heavy atom. The van der Waals surface area contributed by atoms with Crippen LogP contribution in [0.2, 0.25) is 0 Å². The van der Waals surface area contributed by atoms with Crippen molar-refractivity contribution in [1.29, 1.82) is 0 Å². The van der Waals surface area contributed by atoms with Crippen molar-refractivity contribution in [2.75, 3.05) is 5.88 Å². The Morgan fingerprint density at radius 2 is 1.95 bits per heavy atom. The highest BCUT2D eigenvalue weighted by Crippen LogP contribution is 2.19. The van der Waals surface area contributed by atoms with Crippen molar-refractivity contribution >= 4 is 17.5 Å². The number of hydrogen-bond acceptors (Lipinski definition) is 2. The van der Waals surface area contributed by atoms with E-state index in [4.69, 9.17) is 11.6 Å². The third-order valence-electron chi connectivity index (χ3n) is 2.75. The normalized spacial score (nSPS) is 10.2. The summed E-state index contributed by atoms with van der Waals surface area (Å²) in [7, 11) is 0. The summed E-state index contributed by atoms with van der Waals surface area (Å²) < 4.78 is 0. The summed E-state index contributed by atoms with van der Waals surface area (Å²) in [5, 5.41) is 2.84. The number of aromatic nitrogens is 1. The maximum atomic E-state index is 11.4. The van der Waals surface area contributed by atoms with Crippen molar-refractivity contribution in [3.05, 3.63) is 54.4 Å². The van der Waals surface area contributed by atoms with Crippen LogP contribution < -0.4 is 5.32 Å². The molecule has 1 N–H and O–H groups in total. The van der Waals surface area contributed by atoms with Crippen LogP contribution in [0.25, 0.3) is 11.1 Å². The number of hydrogen-bond donors (Lipinski definition) is 1. The molecule has 1 aromatic heterocycles. The summed E-state index contributed by atoms with van der Waals surface area (Å²) in [6.45, 7) is 0.522. The molecule has 2 aromatic rings. The highest BCUT2D eigenvalue weighted by Gasteiger charge is 2.02. The van der Waals surface area contributed by atoms with E-state index in [-0.39, 0.29) is 5.91 Å². The fourth-order valence-corrected chi connectivity index (χ4v) is 1.95. The molecule has 1 aromatic carbocycles. The lowest BCUT2D eigenvalue weighted by Gasteiger charge is -2.07. The van der Waals surface area contributed by atoms with Crippen molar-refractivity contribution in [3.63, 3.8) is 0 Å². The number of alkyl halides is 1. The molecule has 2 rings (SSSR count). The summed E-state index contributed by atoms with van der Waals surface area (Å²) in [6.07, 6.45) is 3.89. The Morgan fingerprint density at radius 3 is 2.68 bits per heavy atom. The van der Waals surface area contributed by atoms with Crippen molar-refractivity contribution in [1.82, 2.24) is 10.3 Å². The molecule has 0 aliphatic heterocycles. The first kappa shape index (κ1) is 13.6. The predicted molar refractivity (Wildman–Crippen MR) is 76.9 cm³/mol. The van der Waals surface area contributed by atoms with E-state index in [2.05, 4.69) is 16.4 Å². The smallest absolute Gasteiger partial charge is 0.221 e. The largest absolute Gasteiger partial charge is 0.352 e. The molecule has 1 amide bonds. The molecule has 0 spiro atoms. The lowest BCUT2D eigenvalue weighted by Crippen LogP contribution is -2.22. The number of rotatable bonds is 5. The minimum Gasteiger partial charge on any atom is -0.352 e. The van der Waals surface area contributed by atoms with Gasteiger partial charge in [0.05, 0.1) is 0 Å². The number of halogens is 1. The van der Waals surface area contributed by atoms with Crippen LogP contribution in [0.3, 0.4) is 0 Å². The number of carbonyl (C=O) groups excluding carboxylic acids is 1. The molecular formula is C15H15ClN2O. The fourth-order valence-electron chi connectivity index (χ4n) is 1.78. The van der Waals surface area contributed by atoms with Crippen LogP contribution in [0.1, 0.15) is 12.0 Å². The fraction of sp³-hybridized carbons (Fsp3) is 0.200. The van der Waals surface area contributed by atoms with E-state index in [9.17, 15) is 4.79 Å². The molecule has 1 heterocycles. The molecule has 0 aliphatic carbocycles. The van der Waals surface area contributed by atoms with Crippen LogP contribution in [-0.2, 0) is 11.3 Å². The van der Waals surface area contributed by atoms with Gasteiger partial charge in [-0.25, -0.2) is 0 Å². The Balaban J connectivity index is 2.06. The van der Waals surface area contributed by atoms with Gasteiger partial charge >= 0.3 is 0 Å². The van der Waals surface area contributed by atoms with Crippen molar-refractivity contribution < 1.29 is 4.79 Å². The first-order valence-electron chi connectivity index (χ1n) is 6.11. The van der Waals surface area contributed by atoms with Crippen LogP contribution in [-0.4, -0.2) is 16.8 Å². The molecule has 19 heavy (non-hydrogen) atoms. The molecule has 0 unspecified atom stereocenters. The van der Waals surface area contributed by atoms with E-state index in [1.165, 1.54) is 0 Å². The van der Waals surface area contributed by atoms with Gasteiger partial charge in [0.25, 0.3) is 0 Å². The molecule has 0 bridgehead atoms. The number of carbonyl (C=O) groups is 1. The van der Waals surface area contributed by atoms with Gasteiger partial charge in [-0.3, -0.25) is 9.78 Å². The van der Waals surface area contributed by atoms with Gasteiger partial charge < -0.3 is 5.32 Å². The highest BCUT2D eigenvalue weighted by atomic mass is 35.5. The Hall–Kier alpha value is -1.87. The Bertz CT molecular complexity index is 543. The summed E-state index contributed by atoms with van der Waals surface area (Å²) in [5.74, 6) is 0.326. The van der Waals surface area contributed by atoms with Crippen LogP contribution in [0.15, 0.2) is 48.8 Å². The first-order chi connectivity index (χ1) is 9.29. The van der Waals surface area contributed by atoms with E-state index < -0.39 is 0 Å². The third kappa shape index (κ3) is 4.07. The molecule has 0 fully saturated rings. The van der Waals surface area contributed by atoms with Crippen molar-refractivity contribution in [2.24, 2.45) is 0 Å². The lowest BCUT2D eigenvalue weighted by atomic mass is 10.0. The van der Waals surface area contributed by atoms with E-state index in [1.807, 2.05) is 30.3 Å². The molecule has 0 radical (unpaired) electrons. The van der Waals surface area contributed by atoms with E-state index in [1.54, 1.807) is 12.4 Å². The number of amides is 1. The molecule has 98 valence electrons. The number of nitrogens with zero attached hydrogens (tertiary/aromatic N) is 1. The maximum Gasteiger partial charge on any atom is 0.221 e. The number of nitrogens with one attached hydrogen (secondary N) is 1. The number of pyridine rings is 1. The number of benzene rings is 1. The summed E-state index contributed by atoms with van der Waals surface area (Å²) in [4.78, 5) is 15.4. The van der Waals surface area contributed by atoms with Crippen molar-refractivity contribution in [2.45, 2.75) is 13.0 Å². The van der Waals surface area contributed by atoms with E-state index in [0.29, 0.717) is 18.8 Å². The maximum absolute atomic E-state index is 11.4. The monoisotopic (exact) mass is 274 g/mol. The minimum absolute atomic E-state index is 0.0238. The van der Waals surface area contributed by atoms with Crippen LogP contribution >= 0.6 is 11.6 Å². The zero-order valence-corrected chi connectivity index (χ0v) is 11.2. The average Bonchev–Trinajstić information content (AvgIpc) is 2.47. The molecule has 0 aliphatic rings. The van der Waals surface area contributed by atoms with Gasteiger partial charge in [-0.1, -0.05) is 18.2 Å². The first-order valence-corrected chi connectivity index (χ1v) is 6.65. The van der Waals surface area contributed by atoms with E-state index >= 15 is 0 Å². The van der Waals surface area contributed by atoms with Gasteiger partial charge in [-0.2, -0.15) is 0 Å². The molecule has 0 saturated heterocycles. The molecule has 3 nitrogen and oxygen atoms in total. The second-order valence-electron chi connectivity index (χ2n) is 4.15. The second-order valence-corrected chi connectivity index (χ2v) is 4.53. The van der Waals surface area contributed by atoms with Gasteiger partial charge in [0.15, 0.2) is 0 Å². The Kier molecular flexibility index (Phi) is 4.93. The quantitative estimate of drug-likeness (QED) is 0.852. The molecule has 0 saturated carbocycles. The second kappa shape index (κ2) is 6.90. The molecule has 0 atom stereocenters. The summed E-state index contributed by atoms with van der Waals surface area (Å²) in [6, 6.07) is 12.0. The van der Waals surface area contributed by atoms with Gasteiger partial charge in [-0.15, -0.1) is 11.6 Å². The van der Waals surface area contributed by atoms with Crippen LogP contribution in [0.5, 0.6) is 0 Å². The summed E-state index contributed by atoms with van der Waals surface area (Å²) in [5.41, 5.74) is 3.30. The molecule has 4 heteroatoms. The topological polar surface area (TPSA) is 42.0 Å². The SMILES string of the molecule is O=C(CCCl)NCc1cccc(-c2ccncc2)c1. The predicted octanol–water partition coefficient (Wildman–Crippen LogP) is 2.99. The zero-order chi connectivity index (χ0) is 13.5. The zero-order valence-electron chi connectivity index (χ0n) is 10.5. The highest BCUT2D eigenvalue weighted by molar-refractivity contribution is 6.18. The van der Waals surface area contributed by atoms with Gasteiger partial charge in [0.2, 0.25) is 5.91 Å². The van der Waals surface area contributed by atoms with Crippen molar-refractivity contribution in [3.8, 4) is 11.1 Å². The third-order valence-corrected chi connectivity index (χ3v) is 2.94. The Labute approximate surface area is 117 Å².